The van der Waals surface area contributed by atoms with Gasteiger partial charge >= 0.3 is 12.1 Å². The van der Waals surface area contributed by atoms with Gasteiger partial charge in [-0.05, 0) is 50.8 Å². The van der Waals surface area contributed by atoms with Gasteiger partial charge in [-0.25, -0.2) is 9.59 Å². The van der Waals surface area contributed by atoms with Gasteiger partial charge in [0, 0.05) is 30.1 Å². The minimum Gasteiger partial charge on any atom is -0.480 e. The van der Waals surface area contributed by atoms with Gasteiger partial charge in [0.2, 0.25) is 0 Å². The van der Waals surface area contributed by atoms with E-state index >= 15 is 0 Å². The molecule has 198 valence electrons. The topological polar surface area (TPSA) is 143 Å². The third-order valence-corrected chi connectivity index (χ3v) is 6.91. The molecule has 1 saturated carbocycles. The van der Waals surface area contributed by atoms with Gasteiger partial charge < -0.3 is 20.9 Å². The highest BCUT2D eigenvalue weighted by atomic mass is 35.5. The van der Waals surface area contributed by atoms with Gasteiger partial charge in [-0.1, -0.05) is 29.8 Å². The van der Waals surface area contributed by atoms with Crippen molar-refractivity contribution in [3.05, 3.63) is 64.9 Å². The average molecular weight is 532 g/mol. The molecule has 10 nitrogen and oxygen atoms in total. The van der Waals surface area contributed by atoms with Crippen LogP contribution in [0.4, 0.5) is 4.79 Å². The first kappa shape index (κ1) is 28.1. The number of rotatable bonds is 10. The number of likely N-dealkylation sites (N-methyl/N-ethyl adjacent to an activating group) is 1. The number of halogens is 1. The Hall–Kier alpha value is -3.50. The van der Waals surface area contributed by atoms with Crippen LogP contribution in [0.2, 0.25) is 5.02 Å². The number of ether oxygens (including phenoxy) is 1. The summed E-state index contributed by atoms with van der Waals surface area (Å²) in [5.41, 5.74) is 4.98. The Kier molecular flexibility index (Phi) is 9.60. The molecule has 2 amide bonds. The molecule has 0 unspecified atom stereocenters. The second-order valence-corrected chi connectivity index (χ2v) is 9.38. The fourth-order valence-electron chi connectivity index (χ4n) is 4.57. The number of nitrogens with zero attached hydrogens (tertiary/aromatic N) is 2. The van der Waals surface area contributed by atoms with E-state index in [1.165, 1.54) is 28.8 Å². The van der Waals surface area contributed by atoms with Crippen LogP contribution < -0.4 is 15.6 Å². The van der Waals surface area contributed by atoms with E-state index in [4.69, 9.17) is 22.1 Å². The third kappa shape index (κ3) is 6.44. The number of carbonyl (C=O) groups is 4. The van der Waals surface area contributed by atoms with Crippen LogP contribution in [0.3, 0.4) is 0 Å². The Morgan fingerprint density at radius 1 is 1.24 bits per heavy atom. The molecular formula is C26H32ClN4O6+. The number of pyridine rings is 1. The van der Waals surface area contributed by atoms with E-state index in [0.717, 1.165) is 12.8 Å². The fraction of sp³-hybridized carbons (Fsp3) is 0.423. The minimum absolute atomic E-state index is 0.0970. The molecule has 1 aliphatic rings. The summed E-state index contributed by atoms with van der Waals surface area (Å²) >= 11 is 6.45. The lowest BCUT2D eigenvalue weighted by atomic mass is 9.74. The maximum absolute atomic E-state index is 13.2. The molecule has 11 heteroatoms. The van der Waals surface area contributed by atoms with Gasteiger partial charge in [-0.2, -0.15) is 4.57 Å². The molecule has 0 bridgehead atoms. The second kappa shape index (κ2) is 12.6. The van der Waals surface area contributed by atoms with Crippen molar-refractivity contribution in [1.82, 2.24) is 10.2 Å². The van der Waals surface area contributed by atoms with Crippen LogP contribution in [0.15, 0.2) is 48.8 Å². The van der Waals surface area contributed by atoms with Crippen LogP contribution in [-0.2, 0) is 26.6 Å². The molecule has 0 spiro atoms. The molecule has 2 atom stereocenters. The smallest absolute Gasteiger partial charge is 0.415 e. The summed E-state index contributed by atoms with van der Waals surface area (Å²) in [5.74, 6) is -1.82. The van der Waals surface area contributed by atoms with Gasteiger partial charge in [0.25, 0.3) is 12.6 Å². The van der Waals surface area contributed by atoms with Crippen LogP contribution in [0.25, 0.3) is 0 Å². The van der Waals surface area contributed by atoms with Crippen molar-refractivity contribution in [2.75, 3.05) is 13.6 Å². The van der Waals surface area contributed by atoms with E-state index in [9.17, 15) is 24.3 Å². The molecule has 1 fully saturated rings. The Bertz CT molecular complexity index is 1160. The van der Waals surface area contributed by atoms with Gasteiger partial charge in [-0.15, -0.1) is 0 Å². The van der Waals surface area contributed by atoms with Crippen LogP contribution in [0, 0.1) is 0 Å². The Labute approximate surface area is 220 Å². The number of hydrogen-bond donors (Lipinski definition) is 3. The zero-order chi connectivity index (χ0) is 27.0. The standard InChI is InChI=1S/C26H31ClN4O6/c1-30(26(13-5-4-12-22(26)32)19-9-2-3-10-20(19)27)25(36)37-17-31-15-7-8-18(16-31)23(33)29-21(24(34)35)11-6-14-28/h2-3,7-10,15-16,21H,4-6,11-14,17,28H2,1H3,(H-,29,33,34,35)/p+1/t21-,26+/m0/s1. The van der Waals surface area contributed by atoms with Crippen LogP contribution in [-0.4, -0.2) is 53.4 Å². The predicted molar refractivity (Wildman–Crippen MR) is 135 cm³/mol. The monoisotopic (exact) mass is 531 g/mol. The van der Waals surface area contributed by atoms with Gasteiger partial charge in [0.1, 0.15) is 17.1 Å². The first-order chi connectivity index (χ1) is 17.7. The lowest BCUT2D eigenvalue weighted by Gasteiger charge is -2.43. The number of nitrogens with two attached hydrogens (primary N) is 1. The van der Waals surface area contributed by atoms with Crippen molar-refractivity contribution in [1.29, 1.82) is 0 Å². The van der Waals surface area contributed by atoms with E-state index in [1.807, 2.05) is 0 Å². The molecule has 1 aromatic heterocycles. The summed E-state index contributed by atoms with van der Waals surface area (Å²) in [4.78, 5) is 51.7. The lowest BCUT2D eigenvalue weighted by molar-refractivity contribution is -0.727. The van der Waals surface area contributed by atoms with E-state index in [-0.39, 0.29) is 24.5 Å². The summed E-state index contributed by atoms with van der Waals surface area (Å²) in [6, 6.07) is 9.03. The van der Waals surface area contributed by atoms with Crippen molar-refractivity contribution >= 4 is 35.4 Å². The number of nitrogens with one attached hydrogen (secondary N) is 1. The number of benzene rings is 1. The number of carboxylic acid groups (broad SMARTS) is 1. The number of Topliss-reactive ketones (excluding diaryl/α,β-unsaturated/α-hetero) is 1. The zero-order valence-corrected chi connectivity index (χ0v) is 21.4. The number of hydrogen-bond acceptors (Lipinski definition) is 6. The maximum Gasteiger partial charge on any atom is 0.415 e. The molecule has 4 N–H and O–H groups in total. The second-order valence-electron chi connectivity index (χ2n) is 8.97. The molecule has 3 rings (SSSR count). The summed E-state index contributed by atoms with van der Waals surface area (Å²) in [6.45, 7) is 0.0841. The first-order valence-corrected chi connectivity index (χ1v) is 12.5. The number of aromatic nitrogens is 1. The van der Waals surface area contributed by atoms with Crippen molar-refractivity contribution in [2.45, 2.75) is 56.8 Å². The minimum atomic E-state index is -1.23. The Morgan fingerprint density at radius 2 is 2.00 bits per heavy atom. The third-order valence-electron chi connectivity index (χ3n) is 6.58. The first-order valence-electron chi connectivity index (χ1n) is 12.1. The Morgan fingerprint density at radius 3 is 2.68 bits per heavy atom. The molecule has 0 aliphatic heterocycles. The predicted octanol–water partition coefficient (Wildman–Crippen LogP) is 2.61. The zero-order valence-electron chi connectivity index (χ0n) is 20.7. The Balaban J connectivity index is 1.73. The molecule has 2 aromatic rings. The number of carboxylic acids is 1. The lowest BCUT2D eigenvalue weighted by Crippen LogP contribution is -2.55. The molecular weight excluding hydrogens is 500 g/mol. The summed E-state index contributed by atoms with van der Waals surface area (Å²) in [6.07, 6.45) is 5.24. The van der Waals surface area contributed by atoms with E-state index in [1.54, 1.807) is 36.5 Å². The van der Waals surface area contributed by atoms with Gasteiger partial charge in [-0.3, -0.25) is 14.5 Å². The quantitative estimate of drug-likeness (QED) is 0.400. The average Bonchev–Trinajstić information content (AvgIpc) is 2.90. The normalized spacial score (nSPS) is 18.1. The molecule has 37 heavy (non-hydrogen) atoms. The van der Waals surface area contributed by atoms with Crippen molar-refractivity contribution < 1.29 is 33.6 Å². The molecule has 0 saturated heterocycles. The fourth-order valence-corrected chi connectivity index (χ4v) is 4.86. The number of amides is 2. The summed E-state index contributed by atoms with van der Waals surface area (Å²) in [5, 5.41) is 12.2. The van der Waals surface area contributed by atoms with E-state index in [0.29, 0.717) is 36.4 Å². The molecule has 0 radical (unpaired) electrons. The van der Waals surface area contributed by atoms with Crippen molar-refractivity contribution in [3.8, 4) is 0 Å². The van der Waals surface area contributed by atoms with Crippen LogP contribution in [0.5, 0.6) is 0 Å². The SMILES string of the molecule is CN(C(=O)OC[n+]1cccc(C(=O)N[C@@H](CCCN)C(=O)O)c1)[C@@]1(c2ccccc2Cl)CCCCC1=O. The highest BCUT2D eigenvalue weighted by Crippen LogP contribution is 2.42. The van der Waals surface area contributed by atoms with Crippen molar-refractivity contribution in [3.63, 3.8) is 0 Å². The number of aliphatic carboxylic acids is 1. The van der Waals surface area contributed by atoms with Crippen LogP contribution >= 0.6 is 11.6 Å². The van der Waals surface area contributed by atoms with E-state index in [2.05, 4.69) is 5.32 Å². The number of ketones is 1. The maximum atomic E-state index is 13.2. The van der Waals surface area contributed by atoms with Crippen LogP contribution in [0.1, 0.15) is 54.4 Å². The van der Waals surface area contributed by atoms with E-state index < -0.39 is 29.6 Å². The highest BCUT2D eigenvalue weighted by molar-refractivity contribution is 6.31. The largest absolute Gasteiger partial charge is 0.480 e. The molecule has 1 aromatic carbocycles. The molecule has 1 heterocycles. The summed E-state index contributed by atoms with van der Waals surface area (Å²) < 4.78 is 6.97. The van der Waals surface area contributed by atoms with Gasteiger partial charge in [0.15, 0.2) is 18.2 Å². The highest BCUT2D eigenvalue weighted by Gasteiger charge is 2.48. The summed E-state index contributed by atoms with van der Waals surface area (Å²) in [7, 11) is 1.52. The number of carbonyl (C=O) groups excluding carboxylic acids is 3. The molecule has 1 aliphatic carbocycles. The van der Waals surface area contributed by atoms with Crippen molar-refractivity contribution in [2.24, 2.45) is 5.73 Å². The van der Waals surface area contributed by atoms with Gasteiger partial charge in [0.05, 0.1) is 0 Å².